The number of aliphatic carboxylic acids is 1. The van der Waals surface area contributed by atoms with Crippen molar-refractivity contribution in [2.75, 3.05) is 12.4 Å². The molecule has 1 amide bonds. The molecule has 8 nitrogen and oxygen atoms in total. The predicted octanol–water partition coefficient (Wildman–Crippen LogP) is 8.62. The van der Waals surface area contributed by atoms with Crippen LogP contribution in [0.5, 0.6) is 11.5 Å². The highest BCUT2D eigenvalue weighted by Crippen LogP contribution is 2.45. The molecular formula is C38H45NO7. The third-order valence-electron chi connectivity index (χ3n) is 9.34. The maximum Gasteiger partial charge on any atom is 0.508 e. The largest absolute Gasteiger partial charge is 0.508 e. The Morgan fingerprint density at radius 2 is 1.57 bits per heavy atom. The van der Waals surface area contributed by atoms with Crippen molar-refractivity contribution in [2.24, 2.45) is 11.8 Å². The van der Waals surface area contributed by atoms with Gasteiger partial charge in [-0.1, -0.05) is 88.6 Å². The molecule has 5 rings (SSSR count). The number of nitrogens with one attached hydrogen (secondary N) is 1. The van der Waals surface area contributed by atoms with E-state index in [1.54, 1.807) is 0 Å². The summed E-state index contributed by atoms with van der Waals surface area (Å²) in [4.78, 5) is 38.4. The fourth-order valence-corrected chi connectivity index (χ4v) is 7.00. The van der Waals surface area contributed by atoms with Gasteiger partial charge in [-0.3, -0.25) is 9.59 Å². The summed E-state index contributed by atoms with van der Waals surface area (Å²) in [6.07, 6.45) is 4.07. The topological polar surface area (TPSA) is 111 Å². The van der Waals surface area contributed by atoms with Gasteiger partial charge in [0.25, 0.3) is 0 Å². The number of benzene rings is 3. The van der Waals surface area contributed by atoms with Gasteiger partial charge in [-0.25, -0.2) is 4.79 Å². The van der Waals surface area contributed by atoms with Crippen LogP contribution in [0.4, 0.5) is 10.5 Å². The van der Waals surface area contributed by atoms with E-state index in [4.69, 9.17) is 14.2 Å². The maximum absolute atomic E-state index is 13.8. The Hall–Kier alpha value is -4.33. The van der Waals surface area contributed by atoms with Crippen LogP contribution in [-0.4, -0.2) is 36.4 Å². The van der Waals surface area contributed by atoms with E-state index < -0.39 is 24.1 Å². The Labute approximate surface area is 271 Å². The van der Waals surface area contributed by atoms with Crippen LogP contribution >= 0.6 is 0 Å². The van der Waals surface area contributed by atoms with Crippen LogP contribution < -0.4 is 10.1 Å². The highest BCUT2D eigenvalue weighted by molar-refractivity contribution is 5.93. The summed E-state index contributed by atoms with van der Waals surface area (Å²) in [5.74, 6) is -0.657. The Bertz CT molecular complexity index is 1510. The van der Waals surface area contributed by atoms with Crippen molar-refractivity contribution in [2.45, 2.75) is 89.6 Å². The summed E-state index contributed by atoms with van der Waals surface area (Å²) in [6.45, 7) is 6.30. The molecule has 2 atom stereocenters. The predicted molar refractivity (Wildman–Crippen MR) is 176 cm³/mol. The molecule has 1 fully saturated rings. The first-order chi connectivity index (χ1) is 22.0. The van der Waals surface area contributed by atoms with Crippen molar-refractivity contribution < 1.29 is 33.7 Å². The zero-order valence-corrected chi connectivity index (χ0v) is 27.2. The van der Waals surface area contributed by atoms with Crippen LogP contribution in [0, 0.1) is 11.8 Å². The van der Waals surface area contributed by atoms with E-state index in [1.807, 2.05) is 66.7 Å². The minimum atomic E-state index is -0.990. The van der Waals surface area contributed by atoms with Crippen molar-refractivity contribution in [3.05, 3.63) is 89.0 Å². The number of hydrogen-bond acceptors (Lipinski definition) is 6. The van der Waals surface area contributed by atoms with Crippen LogP contribution in [0.1, 0.15) is 93.9 Å². The molecule has 1 saturated carbocycles. The first-order valence-corrected chi connectivity index (χ1v) is 16.3. The van der Waals surface area contributed by atoms with Crippen molar-refractivity contribution in [1.29, 1.82) is 0 Å². The minimum Gasteiger partial charge on any atom is -0.481 e. The summed E-state index contributed by atoms with van der Waals surface area (Å²) in [7, 11) is 1.24. The van der Waals surface area contributed by atoms with Crippen molar-refractivity contribution in [3.8, 4) is 11.5 Å². The Morgan fingerprint density at radius 1 is 0.935 bits per heavy atom. The molecule has 1 aliphatic heterocycles. The zero-order valence-electron chi connectivity index (χ0n) is 27.2. The summed E-state index contributed by atoms with van der Waals surface area (Å²) in [5, 5.41) is 13.5. The summed E-state index contributed by atoms with van der Waals surface area (Å²) >= 11 is 0. The number of carboxylic acid groups (broad SMARTS) is 1. The second-order valence-electron chi connectivity index (χ2n) is 13.5. The van der Waals surface area contributed by atoms with E-state index >= 15 is 0 Å². The van der Waals surface area contributed by atoms with Gasteiger partial charge in [-0.05, 0) is 66.3 Å². The van der Waals surface area contributed by atoms with Crippen LogP contribution in [0.3, 0.4) is 0 Å². The molecule has 0 saturated heterocycles. The van der Waals surface area contributed by atoms with E-state index in [0.717, 1.165) is 65.9 Å². The molecule has 2 aliphatic rings. The second-order valence-corrected chi connectivity index (χ2v) is 13.5. The van der Waals surface area contributed by atoms with Crippen LogP contribution in [0.15, 0.2) is 66.7 Å². The number of carbonyl (C=O) groups is 3. The molecule has 2 unspecified atom stereocenters. The van der Waals surface area contributed by atoms with Crippen molar-refractivity contribution >= 4 is 23.7 Å². The number of amides is 1. The molecule has 2 N–H and O–H groups in total. The van der Waals surface area contributed by atoms with Gasteiger partial charge < -0.3 is 24.6 Å². The normalized spacial score (nSPS) is 16.3. The van der Waals surface area contributed by atoms with Gasteiger partial charge >= 0.3 is 12.1 Å². The first-order valence-electron chi connectivity index (χ1n) is 16.3. The molecule has 0 bridgehead atoms. The monoisotopic (exact) mass is 627 g/mol. The molecule has 0 aromatic heterocycles. The number of aryl methyl sites for hydroxylation is 1. The molecule has 8 heteroatoms. The zero-order chi connectivity index (χ0) is 32.8. The summed E-state index contributed by atoms with van der Waals surface area (Å²) in [5.41, 5.74) is 4.30. The van der Waals surface area contributed by atoms with E-state index in [9.17, 15) is 19.5 Å². The Kier molecular flexibility index (Phi) is 10.3. The number of carbonyl (C=O) groups excluding carboxylic acids is 2. The van der Waals surface area contributed by atoms with Crippen LogP contribution in [-0.2, 0) is 30.9 Å². The molecule has 3 aromatic carbocycles. The van der Waals surface area contributed by atoms with Crippen LogP contribution in [0.2, 0.25) is 0 Å². The number of hydrogen-bond donors (Lipinski definition) is 2. The SMILES string of the molecule is COC(=O)OC(C1CCCCC1)C(CCc1ccc(C(C)(C)C)c(NC(=O)CC2c3ccccc3Oc3ccccc32)c1)C(=O)O. The first kappa shape index (κ1) is 33.0. The third-order valence-corrected chi connectivity index (χ3v) is 9.34. The second kappa shape index (κ2) is 14.4. The fraction of sp³-hybridized carbons (Fsp3) is 0.447. The molecule has 0 spiro atoms. The Morgan fingerprint density at radius 3 is 2.15 bits per heavy atom. The standard InChI is InChI=1S/C38H45NO7/c1-38(2,3)30-21-19-24(18-20-28(36(41)42)35(46-37(43)44-4)25-12-6-5-7-13-25)22-31(30)39-34(40)23-29-26-14-8-10-16-32(26)45-33-17-11-9-15-27(29)33/h8-11,14-17,19,21-22,25,28-29,35H,5-7,12-13,18,20,23H2,1-4H3,(H,39,40)(H,41,42). The number of carboxylic acids is 1. The molecular weight excluding hydrogens is 582 g/mol. The summed E-state index contributed by atoms with van der Waals surface area (Å²) < 4.78 is 16.5. The van der Waals surface area contributed by atoms with Gasteiger partial charge in [-0.15, -0.1) is 0 Å². The lowest BCUT2D eigenvalue weighted by atomic mass is 9.78. The van der Waals surface area contributed by atoms with Crippen LogP contribution in [0.25, 0.3) is 0 Å². The number of para-hydroxylation sites is 2. The van der Waals surface area contributed by atoms with E-state index in [2.05, 4.69) is 26.1 Å². The van der Waals surface area contributed by atoms with Gasteiger partial charge in [0.15, 0.2) is 0 Å². The van der Waals surface area contributed by atoms with E-state index in [-0.39, 0.29) is 36.0 Å². The van der Waals surface area contributed by atoms with Crippen molar-refractivity contribution in [1.82, 2.24) is 0 Å². The molecule has 1 aliphatic carbocycles. The quantitative estimate of drug-likeness (QED) is 0.217. The maximum atomic E-state index is 13.8. The minimum absolute atomic E-state index is 0.0208. The highest BCUT2D eigenvalue weighted by atomic mass is 16.7. The Balaban J connectivity index is 1.36. The van der Waals surface area contributed by atoms with Gasteiger partial charge in [0, 0.05) is 29.2 Å². The van der Waals surface area contributed by atoms with Crippen molar-refractivity contribution in [3.63, 3.8) is 0 Å². The molecule has 1 heterocycles. The molecule has 0 radical (unpaired) electrons. The average molecular weight is 628 g/mol. The number of fused-ring (bicyclic) bond motifs is 2. The lowest BCUT2D eigenvalue weighted by molar-refractivity contribution is -0.148. The molecule has 244 valence electrons. The fourth-order valence-electron chi connectivity index (χ4n) is 7.00. The summed E-state index contributed by atoms with van der Waals surface area (Å²) in [6, 6.07) is 21.6. The van der Waals surface area contributed by atoms with E-state index in [0.29, 0.717) is 12.1 Å². The lowest BCUT2D eigenvalue weighted by Crippen LogP contribution is -2.39. The number of methoxy groups -OCH3 is 1. The smallest absolute Gasteiger partial charge is 0.481 e. The highest BCUT2D eigenvalue weighted by Gasteiger charge is 2.38. The molecule has 3 aromatic rings. The van der Waals surface area contributed by atoms with Gasteiger partial charge in [0.1, 0.15) is 17.6 Å². The lowest BCUT2D eigenvalue weighted by Gasteiger charge is -2.33. The van der Waals surface area contributed by atoms with Gasteiger partial charge in [0.05, 0.1) is 13.0 Å². The number of rotatable bonds is 10. The van der Waals surface area contributed by atoms with Gasteiger partial charge in [0.2, 0.25) is 5.91 Å². The molecule has 46 heavy (non-hydrogen) atoms. The third kappa shape index (κ3) is 7.72. The van der Waals surface area contributed by atoms with Gasteiger partial charge in [-0.2, -0.15) is 0 Å². The van der Waals surface area contributed by atoms with E-state index in [1.165, 1.54) is 7.11 Å². The number of anilines is 1. The average Bonchev–Trinajstić information content (AvgIpc) is 3.04. The number of ether oxygens (including phenoxy) is 3.